The summed E-state index contributed by atoms with van der Waals surface area (Å²) >= 11 is 0. The normalized spacial score (nSPS) is 12.6. The lowest BCUT2D eigenvalue weighted by atomic mass is 10.1. The van der Waals surface area contributed by atoms with E-state index in [9.17, 15) is 4.79 Å². The number of carbonyl (C=O) groups is 1. The number of amides is 1. The molecule has 0 aliphatic rings. The molecule has 4 heteroatoms. The number of aryl methyl sites for hydroxylation is 2. The van der Waals surface area contributed by atoms with Crippen molar-refractivity contribution in [1.82, 2.24) is 10.3 Å². The van der Waals surface area contributed by atoms with Crippen molar-refractivity contribution in [2.24, 2.45) is 0 Å². The number of hydrogen-bond donors (Lipinski definition) is 1. The largest absolute Gasteiger partial charge is 0.441 e. The predicted octanol–water partition coefficient (Wildman–Crippen LogP) is 2.98. The van der Waals surface area contributed by atoms with Crippen molar-refractivity contribution in [3.8, 4) is 0 Å². The minimum Gasteiger partial charge on any atom is -0.441 e. The van der Waals surface area contributed by atoms with Crippen LogP contribution in [0.15, 0.2) is 22.6 Å². The second kappa shape index (κ2) is 5.87. The van der Waals surface area contributed by atoms with Crippen molar-refractivity contribution in [3.05, 3.63) is 29.7 Å². The van der Waals surface area contributed by atoms with Gasteiger partial charge in [-0.05, 0) is 37.5 Å². The minimum absolute atomic E-state index is 0.103. The van der Waals surface area contributed by atoms with Crippen molar-refractivity contribution in [1.29, 1.82) is 0 Å². The zero-order chi connectivity index (χ0) is 13.8. The zero-order valence-corrected chi connectivity index (χ0v) is 11.7. The van der Waals surface area contributed by atoms with Crippen LogP contribution in [0.3, 0.4) is 0 Å². The molecule has 1 amide bonds. The molecular weight excluding hydrogens is 240 g/mol. The average molecular weight is 260 g/mol. The van der Waals surface area contributed by atoms with Gasteiger partial charge in [0.15, 0.2) is 11.5 Å². The van der Waals surface area contributed by atoms with Crippen LogP contribution in [0.4, 0.5) is 0 Å². The summed E-state index contributed by atoms with van der Waals surface area (Å²) in [6.45, 7) is 5.91. The van der Waals surface area contributed by atoms with Crippen LogP contribution in [-0.2, 0) is 11.2 Å². The highest BCUT2D eigenvalue weighted by molar-refractivity contribution is 5.77. The van der Waals surface area contributed by atoms with Gasteiger partial charge in [0.05, 0.1) is 0 Å². The van der Waals surface area contributed by atoms with Crippen molar-refractivity contribution >= 4 is 17.0 Å². The Labute approximate surface area is 113 Å². The monoisotopic (exact) mass is 260 g/mol. The Kier molecular flexibility index (Phi) is 4.20. The van der Waals surface area contributed by atoms with E-state index in [0.717, 1.165) is 29.5 Å². The SMILES string of the molecule is CCC(C)NC(=O)CCc1ccc2oc(C)nc2c1. The molecule has 0 aliphatic carbocycles. The molecule has 0 radical (unpaired) electrons. The highest BCUT2D eigenvalue weighted by atomic mass is 16.3. The average Bonchev–Trinajstić information content (AvgIpc) is 2.75. The molecule has 1 heterocycles. The number of fused-ring (bicyclic) bond motifs is 1. The second-order valence-corrected chi connectivity index (χ2v) is 4.91. The van der Waals surface area contributed by atoms with Crippen LogP contribution in [0.5, 0.6) is 0 Å². The van der Waals surface area contributed by atoms with E-state index in [2.05, 4.69) is 17.2 Å². The summed E-state index contributed by atoms with van der Waals surface area (Å²) in [5, 5.41) is 2.97. The summed E-state index contributed by atoms with van der Waals surface area (Å²) in [7, 11) is 0. The zero-order valence-electron chi connectivity index (χ0n) is 11.7. The molecule has 2 aromatic rings. The molecule has 19 heavy (non-hydrogen) atoms. The molecule has 0 saturated carbocycles. The number of nitrogens with zero attached hydrogens (tertiary/aromatic N) is 1. The molecule has 2 rings (SSSR count). The molecule has 1 unspecified atom stereocenters. The molecular formula is C15H20N2O2. The standard InChI is InChI=1S/C15H20N2O2/c1-4-10(2)16-15(18)8-6-12-5-7-14-13(9-12)17-11(3)19-14/h5,7,9-10H,4,6,8H2,1-3H3,(H,16,18). The highest BCUT2D eigenvalue weighted by Gasteiger charge is 2.07. The quantitative estimate of drug-likeness (QED) is 0.899. The fourth-order valence-corrected chi connectivity index (χ4v) is 1.95. The van der Waals surface area contributed by atoms with Crippen LogP contribution >= 0.6 is 0 Å². The van der Waals surface area contributed by atoms with Crippen molar-refractivity contribution in [2.75, 3.05) is 0 Å². The Balaban J connectivity index is 1.96. The Morgan fingerprint density at radius 3 is 3.00 bits per heavy atom. The lowest BCUT2D eigenvalue weighted by molar-refractivity contribution is -0.121. The van der Waals surface area contributed by atoms with E-state index < -0.39 is 0 Å². The second-order valence-electron chi connectivity index (χ2n) is 4.91. The fraction of sp³-hybridized carbons (Fsp3) is 0.467. The van der Waals surface area contributed by atoms with Crippen molar-refractivity contribution < 1.29 is 9.21 Å². The fourth-order valence-electron chi connectivity index (χ4n) is 1.95. The Morgan fingerprint density at radius 2 is 2.26 bits per heavy atom. The van der Waals surface area contributed by atoms with Gasteiger partial charge in [-0.15, -0.1) is 0 Å². The number of nitrogens with one attached hydrogen (secondary N) is 1. The molecule has 0 aliphatic heterocycles. The topological polar surface area (TPSA) is 55.1 Å². The molecule has 0 saturated heterocycles. The summed E-state index contributed by atoms with van der Waals surface area (Å²) in [6, 6.07) is 6.14. The van der Waals surface area contributed by atoms with E-state index in [-0.39, 0.29) is 11.9 Å². The summed E-state index contributed by atoms with van der Waals surface area (Å²) in [6.07, 6.45) is 2.19. The van der Waals surface area contributed by atoms with Crippen LogP contribution in [0.25, 0.3) is 11.1 Å². The van der Waals surface area contributed by atoms with Gasteiger partial charge in [0.2, 0.25) is 5.91 Å². The van der Waals surface area contributed by atoms with Gasteiger partial charge in [-0.25, -0.2) is 4.98 Å². The highest BCUT2D eigenvalue weighted by Crippen LogP contribution is 2.17. The third-order valence-electron chi connectivity index (χ3n) is 3.22. The van der Waals surface area contributed by atoms with Gasteiger partial charge in [-0.3, -0.25) is 4.79 Å². The molecule has 4 nitrogen and oxygen atoms in total. The predicted molar refractivity (Wildman–Crippen MR) is 75.0 cm³/mol. The first-order valence-corrected chi connectivity index (χ1v) is 6.74. The van der Waals surface area contributed by atoms with Crippen LogP contribution in [0.2, 0.25) is 0 Å². The molecule has 0 spiro atoms. The summed E-state index contributed by atoms with van der Waals surface area (Å²) in [5.41, 5.74) is 2.77. The number of rotatable bonds is 5. The third-order valence-corrected chi connectivity index (χ3v) is 3.22. The van der Waals surface area contributed by atoms with Gasteiger partial charge in [-0.2, -0.15) is 0 Å². The van der Waals surface area contributed by atoms with Gasteiger partial charge in [-0.1, -0.05) is 13.0 Å². The van der Waals surface area contributed by atoms with Crippen molar-refractivity contribution in [2.45, 2.75) is 46.1 Å². The minimum atomic E-state index is 0.103. The summed E-state index contributed by atoms with van der Waals surface area (Å²) in [4.78, 5) is 16.0. The van der Waals surface area contributed by atoms with Crippen LogP contribution in [0, 0.1) is 6.92 Å². The lowest BCUT2D eigenvalue weighted by Gasteiger charge is -2.11. The first-order chi connectivity index (χ1) is 9.08. The maximum atomic E-state index is 11.7. The van der Waals surface area contributed by atoms with Gasteiger partial charge in [0.1, 0.15) is 5.52 Å². The van der Waals surface area contributed by atoms with Gasteiger partial charge >= 0.3 is 0 Å². The van der Waals surface area contributed by atoms with E-state index in [1.54, 1.807) is 0 Å². The molecule has 1 N–H and O–H groups in total. The third kappa shape index (κ3) is 3.56. The molecule has 0 bridgehead atoms. The maximum absolute atomic E-state index is 11.7. The smallest absolute Gasteiger partial charge is 0.220 e. The first kappa shape index (κ1) is 13.6. The Morgan fingerprint density at radius 1 is 1.47 bits per heavy atom. The molecule has 1 aromatic carbocycles. The number of aromatic nitrogens is 1. The van der Waals surface area contributed by atoms with Gasteiger partial charge in [0.25, 0.3) is 0 Å². The number of benzene rings is 1. The number of carbonyl (C=O) groups excluding carboxylic acids is 1. The van der Waals surface area contributed by atoms with E-state index in [4.69, 9.17) is 4.42 Å². The molecule has 1 atom stereocenters. The van der Waals surface area contributed by atoms with Crippen LogP contribution in [-0.4, -0.2) is 16.9 Å². The Hall–Kier alpha value is -1.84. The van der Waals surface area contributed by atoms with Gasteiger partial charge in [0, 0.05) is 19.4 Å². The molecule has 0 fully saturated rings. The molecule has 1 aromatic heterocycles. The van der Waals surface area contributed by atoms with Gasteiger partial charge < -0.3 is 9.73 Å². The molecule has 102 valence electrons. The van der Waals surface area contributed by atoms with E-state index >= 15 is 0 Å². The summed E-state index contributed by atoms with van der Waals surface area (Å²) in [5.74, 6) is 0.771. The van der Waals surface area contributed by atoms with Crippen LogP contribution < -0.4 is 5.32 Å². The van der Waals surface area contributed by atoms with Crippen LogP contribution in [0.1, 0.15) is 38.1 Å². The maximum Gasteiger partial charge on any atom is 0.220 e. The number of hydrogen-bond acceptors (Lipinski definition) is 3. The van der Waals surface area contributed by atoms with E-state index in [1.165, 1.54) is 0 Å². The number of oxazole rings is 1. The lowest BCUT2D eigenvalue weighted by Crippen LogP contribution is -2.31. The van der Waals surface area contributed by atoms with E-state index in [1.807, 2.05) is 32.0 Å². The first-order valence-electron chi connectivity index (χ1n) is 6.74. The van der Waals surface area contributed by atoms with E-state index in [0.29, 0.717) is 12.3 Å². The summed E-state index contributed by atoms with van der Waals surface area (Å²) < 4.78 is 5.43. The Bertz CT molecular complexity index is 575. The van der Waals surface area contributed by atoms with Crippen molar-refractivity contribution in [3.63, 3.8) is 0 Å².